The van der Waals surface area contributed by atoms with Gasteiger partial charge in [-0.15, -0.1) is 0 Å². The molecule has 4 atom stereocenters. The highest BCUT2D eigenvalue weighted by molar-refractivity contribution is 7.49. The first kappa shape index (κ1) is 26.7. The molecule has 5 nitrogen and oxygen atoms in total. The maximum Gasteiger partial charge on any atom is 0.530 e. The Morgan fingerprint density at radius 2 is 1.97 bits per heavy atom. The number of phenolic OH excluding ortho intramolecular Hbond substituents is 1. The fourth-order valence-electron chi connectivity index (χ4n) is 5.28. The average molecular weight is 511 g/mol. The molecule has 4 rings (SSSR count). The molecule has 0 spiro atoms. The van der Waals surface area contributed by atoms with E-state index < -0.39 is 7.82 Å². The lowest BCUT2D eigenvalue weighted by atomic mass is 9.73. The van der Waals surface area contributed by atoms with E-state index in [1.165, 1.54) is 5.57 Å². The van der Waals surface area contributed by atoms with E-state index in [2.05, 4.69) is 26.5 Å². The summed E-state index contributed by atoms with van der Waals surface area (Å²) in [4.78, 5) is 0. The van der Waals surface area contributed by atoms with Crippen LogP contribution in [0.3, 0.4) is 0 Å². The molecule has 194 valence electrons. The monoisotopic (exact) mass is 510 g/mol. The minimum Gasteiger partial charge on any atom is -0.507 e. The zero-order valence-corrected chi connectivity index (χ0v) is 22.6. The quantitative estimate of drug-likeness (QED) is 0.207. The second-order valence-electron chi connectivity index (χ2n) is 10.2. The molecule has 1 aliphatic carbocycles. The van der Waals surface area contributed by atoms with Crippen LogP contribution >= 0.6 is 7.82 Å². The highest BCUT2D eigenvalue weighted by atomic mass is 31.2. The number of rotatable bonds is 9. The van der Waals surface area contributed by atoms with Crippen LogP contribution in [0.2, 0.25) is 0 Å². The van der Waals surface area contributed by atoms with Crippen molar-refractivity contribution in [3.05, 3.63) is 83.0 Å². The summed E-state index contributed by atoms with van der Waals surface area (Å²) in [5.41, 5.74) is 4.84. The Hall–Kier alpha value is -2.33. The van der Waals surface area contributed by atoms with Crippen molar-refractivity contribution in [2.75, 3.05) is 6.61 Å². The van der Waals surface area contributed by atoms with Gasteiger partial charge in [-0.1, -0.05) is 73.9 Å². The fraction of sp³-hybridized carbons (Fsp3) is 0.467. The van der Waals surface area contributed by atoms with Crippen LogP contribution in [0.25, 0.3) is 0 Å². The molecule has 0 saturated carbocycles. The molecule has 2 aliphatic rings. The van der Waals surface area contributed by atoms with Crippen LogP contribution in [-0.4, -0.2) is 11.7 Å². The molecule has 36 heavy (non-hydrogen) atoms. The lowest BCUT2D eigenvalue weighted by Gasteiger charge is -2.34. The number of phosphoric ester groups is 1. The van der Waals surface area contributed by atoms with Gasteiger partial charge in [0.05, 0.1) is 12.7 Å². The normalized spacial score (nSPS) is 26.3. The maximum atomic E-state index is 13.8. The van der Waals surface area contributed by atoms with E-state index in [9.17, 15) is 9.67 Å². The molecular formula is C30H39O5P. The minimum atomic E-state index is -3.92. The second kappa shape index (κ2) is 11.8. The summed E-state index contributed by atoms with van der Waals surface area (Å²) in [7, 11) is -3.92. The molecule has 1 aliphatic heterocycles. The zero-order chi connectivity index (χ0) is 25.7. The molecule has 1 fully saturated rings. The molecular weight excluding hydrogens is 471 g/mol. The molecule has 2 aromatic carbocycles. The van der Waals surface area contributed by atoms with E-state index in [1.54, 1.807) is 0 Å². The molecule has 1 saturated heterocycles. The average Bonchev–Trinajstić information content (AvgIpc) is 2.84. The van der Waals surface area contributed by atoms with Crippen molar-refractivity contribution in [1.82, 2.24) is 0 Å². The smallest absolute Gasteiger partial charge is 0.507 e. The van der Waals surface area contributed by atoms with E-state index in [0.717, 1.165) is 55.2 Å². The first-order valence-corrected chi connectivity index (χ1v) is 14.6. The molecule has 0 bridgehead atoms. The topological polar surface area (TPSA) is 65.0 Å². The first-order chi connectivity index (χ1) is 17.3. The number of benzene rings is 2. The van der Waals surface area contributed by atoms with Crippen molar-refractivity contribution < 1.29 is 23.2 Å². The molecule has 6 heteroatoms. The van der Waals surface area contributed by atoms with Gasteiger partial charge in [-0.25, -0.2) is 4.57 Å². The summed E-state index contributed by atoms with van der Waals surface area (Å²) in [6.45, 7) is 10.8. The van der Waals surface area contributed by atoms with Crippen molar-refractivity contribution in [3.8, 4) is 11.5 Å². The summed E-state index contributed by atoms with van der Waals surface area (Å²) in [6, 6.07) is 13.5. The zero-order valence-electron chi connectivity index (χ0n) is 21.7. The van der Waals surface area contributed by atoms with Crippen LogP contribution in [0.15, 0.2) is 66.3 Å². The summed E-state index contributed by atoms with van der Waals surface area (Å²) in [5.74, 6) is 0.557. The van der Waals surface area contributed by atoms with E-state index in [0.29, 0.717) is 17.7 Å². The summed E-state index contributed by atoms with van der Waals surface area (Å²) >= 11 is 0. The molecule has 0 aromatic heterocycles. The lowest BCUT2D eigenvalue weighted by molar-refractivity contribution is 0.0507. The van der Waals surface area contributed by atoms with Crippen LogP contribution in [0.4, 0.5) is 0 Å². The van der Waals surface area contributed by atoms with Crippen LogP contribution in [0.5, 0.6) is 11.5 Å². The number of unbranched alkanes of at least 4 members (excludes halogenated alkanes) is 2. The van der Waals surface area contributed by atoms with E-state index in [4.69, 9.17) is 13.6 Å². The van der Waals surface area contributed by atoms with Gasteiger partial charge >= 0.3 is 7.82 Å². The van der Waals surface area contributed by atoms with Gasteiger partial charge in [0, 0.05) is 17.9 Å². The third kappa shape index (κ3) is 6.32. The number of hydrogen-bond donors (Lipinski definition) is 1. The van der Waals surface area contributed by atoms with Gasteiger partial charge in [0.25, 0.3) is 0 Å². The van der Waals surface area contributed by atoms with E-state index in [1.807, 2.05) is 49.4 Å². The number of allylic oxidation sites excluding steroid dienone is 3. The predicted molar refractivity (Wildman–Crippen MR) is 144 cm³/mol. The lowest BCUT2D eigenvalue weighted by Crippen LogP contribution is -2.19. The van der Waals surface area contributed by atoms with Crippen molar-refractivity contribution >= 4 is 7.82 Å². The number of hydrogen-bond acceptors (Lipinski definition) is 5. The van der Waals surface area contributed by atoms with Crippen molar-refractivity contribution in [2.24, 2.45) is 5.92 Å². The molecule has 4 unspecified atom stereocenters. The van der Waals surface area contributed by atoms with Gasteiger partial charge in [-0.2, -0.15) is 0 Å². The molecule has 2 aromatic rings. The van der Waals surface area contributed by atoms with Crippen LogP contribution in [0.1, 0.15) is 88.0 Å². The van der Waals surface area contributed by atoms with Gasteiger partial charge in [0.15, 0.2) is 0 Å². The van der Waals surface area contributed by atoms with Crippen LogP contribution in [-0.2, 0) is 20.0 Å². The Bertz CT molecular complexity index is 1140. The Kier molecular flexibility index (Phi) is 8.77. The standard InChI is InChI=1S/C30H39O5P/c1-5-6-8-11-23-19-27(31)30(26-18-22(4)14-15-25(26)21(2)3)29(20-23)35-36(32)33-17-16-28(34-36)24-12-9-7-10-13-24/h7,9-10,12-13,18-20,25-26,28,31H,2,5-6,8,11,14-17H2,1,3-4H3. The van der Waals surface area contributed by atoms with E-state index >= 15 is 0 Å². The number of phenols is 1. The summed E-state index contributed by atoms with van der Waals surface area (Å²) < 4.78 is 31.6. The number of aryl methyl sites for hydroxylation is 1. The summed E-state index contributed by atoms with van der Waals surface area (Å²) in [5, 5.41) is 11.3. The van der Waals surface area contributed by atoms with Crippen LogP contribution in [0, 0.1) is 5.92 Å². The van der Waals surface area contributed by atoms with E-state index in [-0.39, 0.29) is 30.3 Å². The summed E-state index contributed by atoms with van der Waals surface area (Å²) in [6.07, 6.45) is 8.36. The molecule has 0 radical (unpaired) electrons. The van der Waals surface area contributed by atoms with Gasteiger partial charge in [-0.05, 0) is 68.7 Å². The molecule has 1 N–H and O–H groups in total. The highest BCUT2D eigenvalue weighted by Crippen LogP contribution is 2.59. The number of aromatic hydroxyl groups is 1. The third-order valence-electron chi connectivity index (χ3n) is 7.23. The van der Waals surface area contributed by atoms with Crippen LogP contribution < -0.4 is 4.52 Å². The van der Waals surface area contributed by atoms with Crippen molar-refractivity contribution in [3.63, 3.8) is 0 Å². The largest absolute Gasteiger partial charge is 0.530 e. The Morgan fingerprint density at radius 3 is 2.69 bits per heavy atom. The predicted octanol–water partition coefficient (Wildman–Crippen LogP) is 8.81. The van der Waals surface area contributed by atoms with Gasteiger partial charge in [0.1, 0.15) is 11.5 Å². The first-order valence-electron chi connectivity index (χ1n) is 13.2. The minimum absolute atomic E-state index is 0.128. The Balaban J connectivity index is 1.72. The van der Waals surface area contributed by atoms with Crippen molar-refractivity contribution in [1.29, 1.82) is 0 Å². The Morgan fingerprint density at radius 1 is 1.19 bits per heavy atom. The SMILES string of the molecule is C=C(C)C1CCC(C)=CC1c1c(O)cc(CCCCC)cc1OP1(=O)OCCC(c2ccccc2)O1. The van der Waals surface area contributed by atoms with Crippen molar-refractivity contribution in [2.45, 2.75) is 77.7 Å². The highest BCUT2D eigenvalue weighted by Gasteiger charge is 2.40. The number of phosphoric acid groups is 1. The van der Waals surface area contributed by atoms with Gasteiger partial charge < -0.3 is 9.63 Å². The molecule has 1 heterocycles. The second-order valence-corrected chi connectivity index (χ2v) is 11.7. The third-order valence-corrected chi connectivity index (χ3v) is 8.66. The van der Waals surface area contributed by atoms with Gasteiger partial charge in [-0.3, -0.25) is 9.05 Å². The van der Waals surface area contributed by atoms with Gasteiger partial charge in [0.2, 0.25) is 0 Å². The Labute approximate surface area is 215 Å². The maximum absolute atomic E-state index is 13.8. The molecule has 0 amide bonds. The fourth-order valence-corrected chi connectivity index (χ4v) is 6.70.